The zero-order valence-electron chi connectivity index (χ0n) is 13.3. The molecule has 24 heavy (non-hydrogen) atoms. The summed E-state index contributed by atoms with van der Waals surface area (Å²) in [5, 5.41) is 4.88. The number of nitrogens with one attached hydrogen (secondary N) is 1. The molecule has 1 N–H and O–H groups in total. The van der Waals surface area contributed by atoms with Gasteiger partial charge in [-0.15, -0.1) is 11.3 Å². The third-order valence-corrected chi connectivity index (χ3v) is 3.93. The van der Waals surface area contributed by atoms with Crippen molar-refractivity contribution in [1.82, 2.24) is 10.3 Å². The van der Waals surface area contributed by atoms with E-state index in [2.05, 4.69) is 10.3 Å². The van der Waals surface area contributed by atoms with Crippen molar-refractivity contribution in [3.8, 4) is 0 Å². The van der Waals surface area contributed by atoms with Crippen LogP contribution in [0.1, 0.15) is 34.9 Å². The van der Waals surface area contributed by atoms with E-state index in [9.17, 15) is 14.0 Å². The molecule has 0 aliphatic heterocycles. The highest BCUT2D eigenvalue weighted by atomic mass is 32.1. The van der Waals surface area contributed by atoms with Gasteiger partial charge in [-0.2, -0.15) is 0 Å². The number of benzene rings is 1. The van der Waals surface area contributed by atoms with Crippen LogP contribution < -0.4 is 5.32 Å². The lowest BCUT2D eigenvalue weighted by atomic mass is 10.1. The molecule has 0 saturated carbocycles. The standard InChI is InChI=1S/C17H17FN2O3S/c1-3-23-17(22)14-10-24-16(20-14)9-19-15(21)7-11(2)12-5-4-6-13(18)8-12/h4-8,10H,3,9H2,1-2H3,(H,19,21)/b11-7+. The van der Waals surface area contributed by atoms with Crippen LogP contribution in [0.4, 0.5) is 4.39 Å². The first-order valence-corrected chi connectivity index (χ1v) is 8.21. The molecular formula is C17H17FN2O3S. The number of aromatic nitrogens is 1. The van der Waals surface area contributed by atoms with E-state index < -0.39 is 5.97 Å². The summed E-state index contributed by atoms with van der Waals surface area (Å²) in [7, 11) is 0. The highest BCUT2D eigenvalue weighted by Gasteiger charge is 2.11. The minimum Gasteiger partial charge on any atom is -0.461 e. The van der Waals surface area contributed by atoms with E-state index >= 15 is 0 Å². The van der Waals surface area contributed by atoms with Gasteiger partial charge in [0.05, 0.1) is 13.2 Å². The van der Waals surface area contributed by atoms with Gasteiger partial charge in [-0.1, -0.05) is 12.1 Å². The Bertz CT molecular complexity index is 771. The maximum atomic E-state index is 13.2. The summed E-state index contributed by atoms with van der Waals surface area (Å²) in [5.41, 5.74) is 1.53. The molecule has 1 aromatic carbocycles. The van der Waals surface area contributed by atoms with E-state index in [0.717, 1.165) is 0 Å². The lowest BCUT2D eigenvalue weighted by Gasteiger charge is -2.03. The molecule has 0 aliphatic carbocycles. The number of nitrogens with zero attached hydrogens (tertiary/aromatic N) is 1. The molecule has 0 fully saturated rings. The molecular weight excluding hydrogens is 331 g/mol. The maximum Gasteiger partial charge on any atom is 0.357 e. The molecule has 0 radical (unpaired) electrons. The van der Waals surface area contributed by atoms with Crippen molar-refractivity contribution >= 4 is 28.8 Å². The van der Waals surface area contributed by atoms with Crippen molar-refractivity contribution in [2.24, 2.45) is 0 Å². The average Bonchev–Trinajstić information content (AvgIpc) is 3.02. The van der Waals surface area contributed by atoms with Gasteiger partial charge in [-0.25, -0.2) is 14.2 Å². The second-order valence-corrected chi connectivity index (χ2v) is 5.85. The Morgan fingerprint density at radius 3 is 2.92 bits per heavy atom. The van der Waals surface area contributed by atoms with Crippen molar-refractivity contribution in [2.45, 2.75) is 20.4 Å². The summed E-state index contributed by atoms with van der Waals surface area (Å²) >= 11 is 1.27. The quantitative estimate of drug-likeness (QED) is 0.643. The smallest absolute Gasteiger partial charge is 0.357 e. The number of rotatable bonds is 6. The molecule has 2 aromatic rings. The zero-order valence-corrected chi connectivity index (χ0v) is 14.2. The summed E-state index contributed by atoms with van der Waals surface area (Å²) in [6, 6.07) is 6.03. The van der Waals surface area contributed by atoms with Crippen LogP contribution in [0.25, 0.3) is 5.57 Å². The Labute approximate surface area is 143 Å². The number of thiazole rings is 1. The monoisotopic (exact) mass is 348 g/mol. The third kappa shape index (κ3) is 4.99. The summed E-state index contributed by atoms with van der Waals surface area (Å²) < 4.78 is 18.0. The molecule has 0 aliphatic rings. The summed E-state index contributed by atoms with van der Waals surface area (Å²) in [6.45, 7) is 3.94. The molecule has 126 valence electrons. The Morgan fingerprint density at radius 1 is 1.42 bits per heavy atom. The molecule has 7 heteroatoms. The lowest BCUT2D eigenvalue weighted by molar-refractivity contribution is -0.116. The first kappa shape index (κ1) is 17.8. The number of halogens is 1. The Kier molecular flexibility index (Phi) is 6.20. The van der Waals surface area contributed by atoms with E-state index in [1.807, 2.05) is 0 Å². The van der Waals surface area contributed by atoms with Crippen molar-refractivity contribution < 1.29 is 18.7 Å². The van der Waals surface area contributed by atoms with Crippen LogP contribution in [-0.2, 0) is 16.1 Å². The number of carbonyl (C=O) groups is 2. The maximum absolute atomic E-state index is 13.2. The second kappa shape index (κ2) is 8.35. The molecule has 0 atom stereocenters. The van der Waals surface area contributed by atoms with Gasteiger partial charge in [0.25, 0.3) is 0 Å². The zero-order chi connectivity index (χ0) is 17.5. The number of hydrogen-bond donors (Lipinski definition) is 1. The van der Waals surface area contributed by atoms with Crippen molar-refractivity contribution in [3.05, 3.63) is 57.8 Å². The van der Waals surface area contributed by atoms with E-state index in [-0.39, 0.29) is 30.6 Å². The fourth-order valence-electron chi connectivity index (χ4n) is 1.92. The van der Waals surface area contributed by atoms with Gasteiger partial charge in [0.1, 0.15) is 10.8 Å². The van der Waals surface area contributed by atoms with Gasteiger partial charge < -0.3 is 10.1 Å². The molecule has 5 nitrogen and oxygen atoms in total. The first-order chi connectivity index (χ1) is 11.5. The molecule has 1 heterocycles. The van der Waals surface area contributed by atoms with Gasteiger partial charge in [-0.3, -0.25) is 4.79 Å². The number of hydrogen-bond acceptors (Lipinski definition) is 5. The average molecular weight is 348 g/mol. The van der Waals surface area contributed by atoms with Gasteiger partial charge >= 0.3 is 5.97 Å². The first-order valence-electron chi connectivity index (χ1n) is 7.33. The van der Waals surface area contributed by atoms with Crippen LogP contribution in [0.2, 0.25) is 0 Å². The van der Waals surface area contributed by atoms with Gasteiger partial charge in [0.15, 0.2) is 5.69 Å². The molecule has 0 bridgehead atoms. The highest BCUT2D eigenvalue weighted by Crippen LogP contribution is 2.15. The number of allylic oxidation sites excluding steroid dienone is 1. The molecule has 0 unspecified atom stereocenters. The van der Waals surface area contributed by atoms with Crippen molar-refractivity contribution in [3.63, 3.8) is 0 Å². The SMILES string of the molecule is CCOC(=O)c1csc(CNC(=O)/C=C(\C)c2cccc(F)c2)n1. The van der Waals surface area contributed by atoms with E-state index in [0.29, 0.717) is 16.1 Å². The minimum absolute atomic E-state index is 0.204. The van der Waals surface area contributed by atoms with Crippen LogP contribution in [0.15, 0.2) is 35.7 Å². The molecule has 0 saturated heterocycles. The summed E-state index contributed by atoms with van der Waals surface area (Å²) in [6.07, 6.45) is 1.40. The van der Waals surface area contributed by atoms with E-state index in [4.69, 9.17) is 4.74 Å². The fraction of sp³-hybridized carbons (Fsp3) is 0.235. The number of carbonyl (C=O) groups excluding carboxylic acids is 2. The Balaban J connectivity index is 1.93. The van der Waals surface area contributed by atoms with Crippen LogP contribution in [0, 0.1) is 5.82 Å². The molecule has 1 aromatic heterocycles. The third-order valence-electron chi connectivity index (χ3n) is 3.08. The normalized spacial score (nSPS) is 11.2. The van der Waals surface area contributed by atoms with E-state index in [1.54, 1.807) is 31.4 Å². The Morgan fingerprint density at radius 2 is 2.21 bits per heavy atom. The van der Waals surface area contributed by atoms with E-state index in [1.165, 1.54) is 29.5 Å². The van der Waals surface area contributed by atoms with Crippen molar-refractivity contribution in [2.75, 3.05) is 6.61 Å². The predicted octanol–water partition coefficient (Wildman–Crippen LogP) is 3.18. The molecule has 0 spiro atoms. The van der Waals surface area contributed by atoms with Crippen LogP contribution in [0.3, 0.4) is 0 Å². The van der Waals surface area contributed by atoms with Crippen molar-refractivity contribution in [1.29, 1.82) is 0 Å². The van der Waals surface area contributed by atoms with Crippen LogP contribution in [0.5, 0.6) is 0 Å². The van der Waals surface area contributed by atoms with Gasteiger partial charge in [0.2, 0.25) is 5.91 Å². The minimum atomic E-state index is -0.479. The summed E-state index contributed by atoms with van der Waals surface area (Å²) in [4.78, 5) is 27.6. The highest BCUT2D eigenvalue weighted by molar-refractivity contribution is 7.09. The van der Waals surface area contributed by atoms with Gasteiger partial charge in [-0.05, 0) is 37.1 Å². The molecule has 1 amide bonds. The predicted molar refractivity (Wildman–Crippen MR) is 90.0 cm³/mol. The topological polar surface area (TPSA) is 68.3 Å². The van der Waals surface area contributed by atoms with Crippen LogP contribution in [-0.4, -0.2) is 23.5 Å². The second-order valence-electron chi connectivity index (χ2n) is 4.90. The largest absolute Gasteiger partial charge is 0.461 e. The summed E-state index contributed by atoms with van der Waals surface area (Å²) in [5.74, 6) is -1.15. The number of amides is 1. The van der Waals surface area contributed by atoms with Crippen LogP contribution >= 0.6 is 11.3 Å². The molecule has 2 rings (SSSR count). The lowest BCUT2D eigenvalue weighted by Crippen LogP contribution is -2.20. The van der Waals surface area contributed by atoms with Gasteiger partial charge in [0, 0.05) is 11.5 Å². The number of ether oxygens (including phenoxy) is 1. The Hall–Kier alpha value is -2.54. The fourth-order valence-corrected chi connectivity index (χ4v) is 2.62. The number of esters is 1.